The molecule has 2 unspecified atom stereocenters. The van der Waals surface area contributed by atoms with Crippen molar-refractivity contribution in [2.45, 2.75) is 31.9 Å². The van der Waals surface area contributed by atoms with Crippen LogP contribution in [0.15, 0.2) is 18.3 Å². The zero-order valence-electron chi connectivity index (χ0n) is 12.0. The number of pyridine rings is 1. The van der Waals surface area contributed by atoms with Crippen LogP contribution in [0.3, 0.4) is 0 Å². The highest BCUT2D eigenvalue weighted by Gasteiger charge is 2.44. The Morgan fingerprint density at radius 1 is 1.36 bits per heavy atom. The molecule has 0 saturated heterocycles. The summed E-state index contributed by atoms with van der Waals surface area (Å²) >= 11 is 0. The number of aromatic nitrogens is 1. The lowest BCUT2D eigenvalue weighted by molar-refractivity contribution is -0.186. The molecule has 1 aliphatic carbocycles. The van der Waals surface area contributed by atoms with Crippen molar-refractivity contribution in [3.63, 3.8) is 0 Å². The third-order valence-corrected chi connectivity index (χ3v) is 4.35. The fourth-order valence-corrected chi connectivity index (χ4v) is 3.21. The average Bonchev–Trinajstić information content (AvgIpc) is 2.53. The molecule has 2 heterocycles. The summed E-state index contributed by atoms with van der Waals surface area (Å²) in [6.07, 6.45) is -1.70. The SMILES string of the molecule is O=C(C1CCCC(C(F)(F)F)C1)N1CCOc2ncccc21. The van der Waals surface area contributed by atoms with Crippen molar-refractivity contribution < 1.29 is 22.7 Å². The van der Waals surface area contributed by atoms with Crippen LogP contribution in [-0.4, -0.2) is 30.2 Å². The molecule has 1 aliphatic heterocycles. The molecule has 3 rings (SSSR count). The lowest BCUT2D eigenvalue weighted by atomic mass is 9.80. The normalized spacial score (nSPS) is 25.3. The Morgan fingerprint density at radius 3 is 2.95 bits per heavy atom. The van der Waals surface area contributed by atoms with Crippen molar-refractivity contribution in [1.82, 2.24) is 4.98 Å². The van der Waals surface area contributed by atoms with Gasteiger partial charge in [-0.25, -0.2) is 4.98 Å². The standard InChI is InChI=1S/C15H17F3N2O2/c16-15(17,18)11-4-1-3-10(9-11)14(21)20-7-8-22-13-12(20)5-2-6-19-13/h2,5-6,10-11H,1,3-4,7-9H2. The summed E-state index contributed by atoms with van der Waals surface area (Å²) in [4.78, 5) is 18.2. The molecule has 0 N–H and O–H groups in total. The van der Waals surface area contributed by atoms with E-state index in [1.165, 1.54) is 4.90 Å². The van der Waals surface area contributed by atoms with E-state index < -0.39 is 18.0 Å². The van der Waals surface area contributed by atoms with Crippen LogP contribution < -0.4 is 9.64 Å². The molecule has 2 aliphatic rings. The summed E-state index contributed by atoms with van der Waals surface area (Å²) in [6.45, 7) is 0.663. The maximum Gasteiger partial charge on any atom is 0.391 e. The van der Waals surface area contributed by atoms with Gasteiger partial charge in [0, 0.05) is 12.1 Å². The Balaban J connectivity index is 1.77. The second-order valence-electron chi connectivity index (χ2n) is 5.77. The number of rotatable bonds is 1. The lowest BCUT2D eigenvalue weighted by Crippen LogP contribution is -2.44. The smallest absolute Gasteiger partial charge is 0.391 e. The molecule has 0 bridgehead atoms. The molecule has 1 fully saturated rings. The Bertz CT molecular complexity index is 562. The number of hydrogen-bond donors (Lipinski definition) is 0. The first kappa shape index (κ1) is 15.1. The number of ether oxygens (including phenoxy) is 1. The predicted octanol–water partition coefficient (Wildman–Crippen LogP) is 3.18. The third-order valence-electron chi connectivity index (χ3n) is 4.35. The Morgan fingerprint density at radius 2 is 2.18 bits per heavy atom. The molecular formula is C15H17F3N2O2. The van der Waals surface area contributed by atoms with Crippen molar-refractivity contribution in [2.75, 3.05) is 18.1 Å². The molecule has 0 spiro atoms. The summed E-state index contributed by atoms with van der Waals surface area (Å²) in [5.74, 6) is -1.83. The van der Waals surface area contributed by atoms with Gasteiger partial charge in [0.25, 0.3) is 0 Å². The minimum atomic E-state index is -4.22. The van der Waals surface area contributed by atoms with Gasteiger partial charge in [-0.05, 0) is 31.4 Å². The van der Waals surface area contributed by atoms with Gasteiger partial charge in [0.15, 0.2) is 0 Å². The molecule has 22 heavy (non-hydrogen) atoms. The van der Waals surface area contributed by atoms with E-state index in [2.05, 4.69) is 4.98 Å². The monoisotopic (exact) mass is 314 g/mol. The summed E-state index contributed by atoms with van der Waals surface area (Å²) in [5, 5.41) is 0. The number of nitrogens with zero attached hydrogens (tertiary/aromatic N) is 2. The van der Waals surface area contributed by atoms with Gasteiger partial charge in [-0.2, -0.15) is 13.2 Å². The quantitative estimate of drug-likeness (QED) is 0.799. The summed E-state index contributed by atoms with van der Waals surface area (Å²) < 4.78 is 44.1. The molecule has 0 radical (unpaired) electrons. The first-order valence-corrected chi connectivity index (χ1v) is 7.42. The maximum absolute atomic E-state index is 12.9. The molecule has 1 aromatic rings. The summed E-state index contributed by atoms with van der Waals surface area (Å²) in [7, 11) is 0. The number of amides is 1. The molecule has 4 nitrogen and oxygen atoms in total. The van der Waals surface area contributed by atoms with Crippen LogP contribution in [0.2, 0.25) is 0 Å². The number of carbonyl (C=O) groups excluding carboxylic acids is 1. The second kappa shape index (κ2) is 5.78. The van der Waals surface area contributed by atoms with Gasteiger partial charge in [-0.1, -0.05) is 6.42 Å². The fourth-order valence-electron chi connectivity index (χ4n) is 3.21. The molecule has 120 valence electrons. The van der Waals surface area contributed by atoms with E-state index in [4.69, 9.17) is 4.74 Å². The minimum absolute atomic E-state index is 0.116. The van der Waals surface area contributed by atoms with E-state index in [9.17, 15) is 18.0 Å². The second-order valence-corrected chi connectivity index (χ2v) is 5.77. The van der Waals surface area contributed by atoms with E-state index in [0.717, 1.165) is 0 Å². The van der Waals surface area contributed by atoms with Crippen molar-refractivity contribution in [2.24, 2.45) is 11.8 Å². The van der Waals surface area contributed by atoms with Crippen LogP contribution in [0.5, 0.6) is 5.88 Å². The molecule has 1 amide bonds. The van der Waals surface area contributed by atoms with Gasteiger partial charge < -0.3 is 9.64 Å². The van der Waals surface area contributed by atoms with E-state index in [1.54, 1.807) is 18.3 Å². The highest BCUT2D eigenvalue weighted by atomic mass is 19.4. The number of fused-ring (bicyclic) bond motifs is 1. The minimum Gasteiger partial charge on any atom is -0.474 e. The van der Waals surface area contributed by atoms with E-state index in [-0.39, 0.29) is 18.7 Å². The molecule has 7 heteroatoms. The van der Waals surface area contributed by atoms with Crippen LogP contribution in [0, 0.1) is 11.8 Å². The van der Waals surface area contributed by atoms with Gasteiger partial charge in [0.1, 0.15) is 12.3 Å². The number of halogens is 3. The number of anilines is 1. The molecule has 2 atom stereocenters. The molecule has 0 aromatic carbocycles. The Labute approximate surface area is 126 Å². The Kier molecular flexibility index (Phi) is 3.97. The molecular weight excluding hydrogens is 297 g/mol. The summed E-state index contributed by atoms with van der Waals surface area (Å²) in [5.41, 5.74) is 0.549. The highest BCUT2D eigenvalue weighted by Crippen LogP contribution is 2.41. The van der Waals surface area contributed by atoms with Crippen LogP contribution in [0.25, 0.3) is 0 Å². The van der Waals surface area contributed by atoms with Crippen molar-refractivity contribution in [3.8, 4) is 5.88 Å². The summed E-state index contributed by atoms with van der Waals surface area (Å²) in [6, 6.07) is 3.40. The molecule has 1 saturated carbocycles. The predicted molar refractivity (Wildman–Crippen MR) is 73.6 cm³/mol. The molecule has 1 aromatic heterocycles. The highest BCUT2D eigenvalue weighted by molar-refractivity contribution is 5.96. The van der Waals surface area contributed by atoms with Crippen LogP contribution in [-0.2, 0) is 4.79 Å². The van der Waals surface area contributed by atoms with Gasteiger partial charge in [-0.3, -0.25) is 4.79 Å². The first-order valence-electron chi connectivity index (χ1n) is 7.42. The average molecular weight is 314 g/mol. The van der Waals surface area contributed by atoms with Crippen molar-refractivity contribution >= 4 is 11.6 Å². The van der Waals surface area contributed by atoms with Crippen LogP contribution in [0.4, 0.5) is 18.9 Å². The van der Waals surface area contributed by atoms with E-state index >= 15 is 0 Å². The topological polar surface area (TPSA) is 42.4 Å². The maximum atomic E-state index is 12.9. The first-order chi connectivity index (χ1) is 10.5. The zero-order valence-corrected chi connectivity index (χ0v) is 12.0. The lowest BCUT2D eigenvalue weighted by Gasteiger charge is -2.35. The van der Waals surface area contributed by atoms with Crippen molar-refractivity contribution in [1.29, 1.82) is 0 Å². The van der Waals surface area contributed by atoms with Crippen LogP contribution >= 0.6 is 0 Å². The largest absolute Gasteiger partial charge is 0.474 e. The van der Waals surface area contributed by atoms with Gasteiger partial charge in [0.2, 0.25) is 11.8 Å². The number of alkyl halides is 3. The fraction of sp³-hybridized carbons (Fsp3) is 0.600. The van der Waals surface area contributed by atoms with E-state index in [0.29, 0.717) is 37.6 Å². The van der Waals surface area contributed by atoms with E-state index in [1.807, 2.05) is 0 Å². The third kappa shape index (κ3) is 2.89. The van der Waals surface area contributed by atoms with Crippen LogP contribution in [0.1, 0.15) is 25.7 Å². The zero-order chi connectivity index (χ0) is 15.7. The van der Waals surface area contributed by atoms with Crippen molar-refractivity contribution in [3.05, 3.63) is 18.3 Å². The Hall–Kier alpha value is -1.79. The van der Waals surface area contributed by atoms with Gasteiger partial charge >= 0.3 is 6.18 Å². The number of carbonyl (C=O) groups is 1. The van der Waals surface area contributed by atoms with Gasteiger partial charge in [0.05, 0.1) is 12.5 Å². The number of hydrogen-bond acceptors (Lipinski definition) is 3. The van der Waals surface area contributed by atoms with Gasteiger partial charge in [-0.15, -0.1) is 0 Å².